The lowest BCUT2D eigenvalue weighted by Gasteiger charge is -2.13. The van der Waals surface area contributed by atoms with E-state index >= 15 is 0 Å². The summed E-state index contributed by atoms with van der Waals surface area (Å²) in [6.45, 7) is 3.28. The van der Waals surface area contributed by atoms with Crippen LogP contribution in [0.4, 0.5) is 0 Å². The molecule has 3 nitrogen and oxygen atoms in total. The van der Waals surface area contributed by atoms with Gasteiger partial charge in [0.15, 0.2) is 0 Å². The fraction of sp³-hybridized carbons (Fsp3) is 0.400. The maximum atomic E-state index is 11.5. The van der Waals surface area contributed by atoms with Crippen LogP contribution in [-0.2, 0) is 4.57 Å². The van der Waals surface area contributed by atoms with Gasteiger partial charge in [0.25, 0.3) is 0 Å². The Kier molecular flexibility index (Phi) is 3.35. The second-order valence-electron chi connectivity index (χ2n) is 3.87. The molecule has 0 saturated carbocycles. The average Bonchev–Trinajstić information content (AvgIpc) is 2.01. The number of aliphatic hydroxyl groups is 1. The molecule has 78 valence electrons. The summed E-state index contributed by atoms with van der Waals surface area (Å²) >= 11 is 0. The third-order valence-corrected chi connectivity index (χ3v) is 3.09. The van der Waals surface area contributed by atoms with Crippen LogP contribution in [0, 0.1) is 0 Å². The monoisotopic (exact) mass is 214 g/mol. The van der Waals surface area contributed by atoms with Crippen molar-refractivity contribution in [2.75, 3.05) is 19.5 Å². The first kappa shape index (κ1) is 11.3. The van der Waals surface area contributed by atoms with Crippen LogP contribution >= 0.6 is 7.14 Å². The third kappa shape index (κ3) is 3.52. The highest BCUT2D eigenvalue weighted by molar-refractivity contribution is 7.62. The molecular weight excluding hydrogens is 199 g/mol. The van der Waals surface area contributed by atoms with Gasteiger partial charge in [0.2, 0.25) is 0 Å². The van der Waals surface area contributed by atoms with Crippen molar-refractivity contribution in [1.82, 2.24) is 0 Å². The van der Waals surface area contributed by atoms with Gasteiger partial charge in [-0.25, -0.2) is 0 Å². The number of hydrogen-bond donors (Lipinski definition) is 2. The van der Waals surface area contributed by atoms with Gasteiger partial charge in [-0.2, -0.15) is 0 Å². The highest BCUT2D eigenvalue weighted by Crippen LogP contribution is 2.40. The number of aromatic hydroxyl groups is 1. The van der Waals surface area contributed by atoms with E-state index in [0.29, 0.717) is 5.56 Å². The normalized spacial score (nSPS) is 13.9. The molecule has 0 aliphatic heterocycles. The Labute approximate surface area is 83.8 Å². The van der Waals surface area contributed by atoms with Gasteiger partial charge in [0.05, 0.1) is 13.2 Å². The Hall–Kier alpha value is -0.790. The van der Waals surface area contributed by atoms with E-state index in [1.807, 2.05) is 0 Å². The van der Waals surface area contributed by atoms with Crippen LogP contribution in [0.2, 0.25) is 0 Å². The first-order valence-corrected chi connectivity index (χ1v) is 7.18. The Morgan fingerprint density at radius 1 is 1.43 bits per heavy atom. The number of hydrogen-bond acceptors (Lipinski definition) is 3. The van der Waals surface area contributed by atoms with Gasteiger partial charge in [0.1, 0.15) is 5.75 Å². The van der Waals surface area contributed by atoms with Gasteiger partial charge in [-0.15, -0.1) is 0 Å². The van der Waals surface area contributed by atoms with E-state index in [2.05, 4.69) is 0 Å². The van der Waals surface area contributed by atoms with E-state index in [1.54, 1.807) is 25.5 Å². The van der Waals surface area contributed by atoms with Crippen molar-refractivity contribution in [3.05, 3.63) is 29.8 Å². The standard InChI is InChI=1S/C10H15O3P/c1-14(2,13)7-10(12)8-4-3-5-9(11)6-8/h3-6,10-12H,7H2,1-2H3/t10-/m1/s1. The molecule has 1 atom stereocenters. The van der Waals surface area contributed by atoms with Crippen LogP contribution in [0.1, 0.15) is 11.7 Å². The topological polar surface area (TPSA) is 57.5 Å². The predicted octanol–water partition coefficient (Wildman–Crippen LogP) is 2.05. The van der Waals surface area contributed by atoms with Crippen molar-refractivity contribution >= 4 is 7.14 Å². The quantitative estimate of drug-likeness (QED) is 0.757. The van der Waals surface area contributed by atoms with Crippen LogP contribution in [0.3, 0.4) is 0 Å². The molecule has 0 aliphatic carbocycles. The lowest BCUT2D eigenvalue weighted by Crippen LogP contribution is -2.03. The molecule has 0 saturated heterocycles. The second-order valence-corrected chi connectivity index (χ2v) is 7.38. The van der Waals surface area contributed by atoms with Crippen LogP contribution in [0.15, 0.2) is 24.3 Å². The summed E-state index contributed by atoms with van der Waals surface area (Å²) in [6.07, 6.45) is -0.515. The van der Waals surface area contributed by atoms with Crippen LogP contribution < -0.4 is 0 Å². The summed E-state index contributed by atoms with van der Waals surface area (Å²) in [4.78, 5) is 0. The maximum Gasteiger partial charge on any atom is 0.115 e. The molecule has 0 spiro atoms. The molecule has 1 aromatic rings. The number of phenolic OH excluding ortho intramolecular Hbond substituents is 1. The lowest BCUT2D eigenvalue weighted by atomic mass is 10.1. The number of aliphatic hydroxyl groups excluding tert-OH is 1. The van der Waals surface area contributed by atoms with Crippen molar-refractivity contribution in [3.63, 3.8) is 0 Å². The first-order chi connectivity index (χ1) is 6.38. The molecule has 0 fully saturated rings. The van der Waals surface area contributed by atoms with Crippen LogP contribution in [-0.4, -0.2) is 29.7 Å². The molecule has 0 aromatic heterocycles. The summed E-state index contributed by atoms with van der Waals surface area (Å²) < 4.78 is 11.5. The van der Waals surface area contributed by atoms with Crippen LogP contribution in [0.25, 0.3) is 0 Å². The molecule has 2 N–H and O–H groups in total. The minimum absolute atomic E-state index is 0.114. The fourth-order valence-electron chi connectivity index (χ4n) is 1.25. The van der Waals surface area contributed by atoms with Gasteiger partial charge >= 0.3 is 0 Å². The largest absolute Gasteiger partial charge is 0.508 e. The van der Waals surface area contributed by atoms with Gasteiger partial charge in [0, 0.05) is 6.16 Å². The molecule has 14 heavy (non-hydrogen) atoms. The molecular formula is C10H15O3P. The van der Waals surface area contributed by atoms with Gasteiger partial charge in [-0.3, -0.25) is 0 Å². The maximum absolute atomic E-state index is 11.5. The minimum Gasteiger partial charge on any atom is -0.508 e. The van der Waals surface area contributed by atoms with E-state index in [1.165, 1.54) is 12.1 Å². The zero-order valence-electron chi connectivity index (χ0n) is 8.34. The minimum atomic E-state index is -2.23. The smallest absolute Gasteiger partial charge is 0.115 e. The predicted molar refractivity (Wildman–Crippen MR) is 57.4 cm³/mol. The molecule has 0 heterocycles. The fourth-order valence-corrected chi connectivity index (χ4v) is 2.30. The molecule has 0 radical (unpaired) electrons. The van der Waals surface area contributed by atoms with Gasteiger partial charge < -0.3 is 14.8 Å². The molecule has 0 amide bonds. The summed E-state index contributed by atoms with van der Waals surface area (Å²) in [5.41, 5.74) is 0.605. The highest BCUT2D eigenvalue weighted by Gasteiger charge is 2.16. The SMILES string of the molecule is CP(C)(=O)C[C@@H](O)c1cccc(O)c1. The Bertz CT molecular complexity index is 356. The Morgan fingerprint density at radius 2 is 2.07 bits per heavy atom. The summed E-state index contributed by atoms with van der Waals surface area (Å²) in [5.74, 6) is 0.114. The molecule has 0 bridgehead atoms. The molecule has 1 aromatic carbocycles. The van der Waals surface area contributed by atoms with Crippen molar-refractivity contribution in [2.24, 2.45) is 0 Å². The summed E-state index contributed by atoms with van der Waals surface area (Å²) in [7, 11) is -2.23. The summed E-state index contributed by atoms with van der Waals surface area (Å²) in [6, 6.07) is 6.39. The Balaban J connectivity index is 2.80. The molecule has 4 heteroatoms. The third-order valence-electron chi connectivity index (χ3n) is 1.87. The van der Waals surface area contributed by atoms with Gasteiger partial charge in [-0.1, -0.05) is 12.1 Å². The number of benzene rings is 1. The van der Waals surface area contributed by atoms with Crippen LogP contribution in [0.5, 0.6) is 5.75 Å². The number of phenols is 1. The van der Waals surface area contributed by atoms with Crippen molar-refractivity contribution in [2.45, 2.75) is 6.10 Å². The highest BCUT2D eigenvalue weighted by atomic mass is 31.2. The molecule has 0 aliphatic rings. The Morgan fingerprint density at radius 3 is 2.57 bits per heavy atom. The summed E-state index contributed by atoms with van der Waals surface area (Å²) in [5, 5.41) is 18.9. The van der Waals surface area contributed by atoms with Gasteiger partial charge in [-0.05, 0) is 31.0 Å². The zero-order valence-corrected chi connectivity index (χ0v) is 9.24. The van der Waals surface area contributed by atoms with Crippen molar-refractivity contribution < 1.29 is 14.8 Å². The van der Waals surface area contributed by atoms with E-state index in [9.17, 15) is 14.8 Å². The van der Waals surface area contributed by atoms with E-state index < -0.39 is 13.2 Å². The zero-order chi connectivity index (χ0) is 10.8. The van der Waals surface area contributed by atoms with E-state index in [0.717, 1.165) is 0 Å². The average molecular weight is 214 g/mol. The number of rotatable bonds is 3. The lowest BCUT2D eigenvalue weighted by molar-refractivity contribution is 0.201. The van der Waals surface area contributed by atoms with Crippen molar-refractivity contribution in [1.29, 1.82) is 0 Å². The second kappa shape index (κ2) is 4.16. The van der Waals surface area contributed by atoms with E-state index in [-0.39, 0.29) is 11.9 Å². The first-order valence-electron chi connectivity index (χ1n) is 4.39. The molecule has 1 rings (SSSR count). The molecule has 0 unspecified atom stereocenters. The van der Waals surface area contributed by atoms with Crippen molar-refractivity contribution in [3.8, 4) is 5.75 Å². The van der Waals surface area contributed by atoms with E-state index in [4.69, 9.17) is 0 Å².